The van der Waals surface area contributed by atoms with E-state index in [-0.39, 0.29) is 28.4 Å². The average Bonchev–Trinajstić information content (AvgIpc) is 2.66. The predicted molar refractivity (Wildman–Crippen MR) is 103 cm³/mol. The van der Waals surface area contributed by atoms with Crippen LogP contribution >= 0.6 is 23.2 Å². The molecule has 2 amide bonds. The van der Waals surface area contributed by atoms with Crippen LogP contribution in [-0.4, -0.2) is 22.8 Å². The van der Waals surface area contributed by atoms with E-state index in [2.05, 4.69) is 15.6 Å². The van der Waals surface area contributed by atoms with Crippen LogP contribution in [0.15, 0.2) is 36.4 Å². The molecule has 0 unspecified atom stereocenters. The minimum atomic E-state index is -0.457. The standard InChI is InChI=1S/C19H19Cl2N3O2/c20-13-8-4-9-14(17(13)21)24-19(26)16-11-5-10-15(23-16)18(25)22-12-6-2-1-3-7-12/h4-5,8-12H,1-3,6-7H2,(H,22,25)(H,24,26). The molecule has 5 nitrogen and oxygen atoms in total. The number of hydrogen-bond donors (Lipinski definition) is 2. The number of benzene rings is 1. The summed E-state index contributed by atoms with van der Waals surface area (Å²) >= 11 is 12.0. The molecular formula is C19H19Cl2N3O2. The van der Waals surface area contributed by atoms with Crippen molar-refractivity contribution in [3.63, 3.8) is 0 Å². The fourth-order valence-electron chi connectivity index (χ4n) is 2.98. The molecular weight excluding hydrogens is 373 g/mol. The quantitative estimate of drug-likeness (QED) is 0.792. The number of nitrogens with zero attached hydrogens (tertiary/aromatic N) is 1. The van der Waals surface area contributed by atoms with Crippen LogP contribution in [0.1, 0.15) is 53.1 Å². The van der Waals surface area contributed by atoms with Crippen LogP contribution in [-0.2, 0) is 0 Å². The smallest absolute Gasteiger partial charge is 0.274 e. The third-order valence-corrected chi connectivity index (χ3v) is 5.17. The molecule has 2 N–H and O–H groups in total. The molecule has 0 bridgehead atoms. The highest BCUT2D eigenvalue weighted by atomic mass is 35.5. The Morgan fingerprint density at radius 1 is 0.923 bits per heavy atom. The van der Waals surface area contributed by atoms with Gasteiger partial charge in [0.2, 0.25) is 0 Å². The zero-order chi connectivity index (χ0) is 18.5. The van der Waals surface area contributed by atoms with Crippen molar-refractivity contribution in [2.45, 2.75) is 38.1 Å². The first-order valence-electron chi connectivity index (χ1n) is 8.58. The van der Waals surface area contributed by atoms with E-state index in [1.807, 2.05) is 0 Å². The number of aromatic nitrogens is 1. The van der Waals surface area contributed by atoms with E-state index in [4.69, 9.17) is 23.2 Å². The van der Waals surface area contributed by atoms with Gasteiger partial charge in [-0.1, -0.05) is 54.6 Å². The molecule has 1 fully saturated rings. The molecule has 0 saturated heterocycles. The van der Waals surface area contributed by atoms with Crippen molar-refractivity contribution < 1.29 is 9.59 Å². The fraction of sp³-hybridized carbons (Fsp3) is 0.316. The molecule has 26 heavy (non-hydrogen) atoms. The van der Waals surface area contributed by atoms with Crippen molar-refractivity contribution in [1.29, 1.82) is 0 Å². The van der Waals surface area contributed by atoms with Gasteiger partial charge in [-0.15, -0.1) is 0 Å². The number of carbonyl (C=O) groups is 2. The highest BCUT2D eigenvalue weighted by molar-refractivity contribution is 6.44. The maximum atomic E-state index is 12.4. The second-order valence-electron chi connectivity index (χ2n) is 6.27. The average molecular weight is 392 g/mol. The Balaban J connectivity index is 1.70. The van der Waals surface area contributed by atoms with Gasteiger partial charge >= 0.3 is 0 Å². The Labute approximate surface area is 162 Å². The topological polar surface area (TPSA) is 71.1 Å². The van der Waals surface area contributed by atoms with Gasteiger partial charge in [0.25, 0.3) is 11.8 Å². The van der Waals surface area contributed by atoms with Crippen molar-refractivity contribution in [3.8, 4) is 0 Å². The number of halogens is 2. The molecule has 136 valence electrons. The first-order chi connectivity index (χ1) is 12.5. The Morgan fingerprint density at radius 2 is 1.58 bits per heavy atom. The fourth-order valence-corrected chi connectivity index (χ4v) is 3.33. The molecule has 0 atom stereocenters. The van der Waals surface area contributed by atoms with Crippen LogP contribution in [0.2, 0.25) is 10.0 Å². The van der Waals surface area contributed by atoms with Crippen molar-refractivity contribution in [2.75, 3.05) is 5.32 Å². The second-order valence-corrected chi connectivity index (χ2v) is 7.06. The Hall–Kier alpha value is -2.11. The van der Waals surface area contributed by atoms with E-state index >= 15 is 0 Å². The van der Waals surface area contributed by atoms with Crippen molar-refractivity contribution >= 4 is 40.7 Å². The van der Waals surface area contributed by atoms with Gasteiger partial charge in [0.05, 0.1) is 15.7 Å². The Morgan fingerprint density at radius 3 is 2.31 bits per heavy atom. The minimum absolute atomic E-state index is 0.136. The Kier molecular flexibility index (Phi) is 6.12. The highest BCUT2D eigenvalue weighted by Crippen LogP contribution is 2.29. The van der Waals surface area contributed by atoms with Crippen molar-refractivity contribution in [1.82, 2.24) is 10.3 Å². The van der Waals surface area contributed by atoms with E-state index in [1.165, 1.54) is 6.42 Å². The lowest BCUT2D eigenvalue weighted by Gasteiger charge is -2.22. The first-order valence-corrected chi connectivity index (χ1v) is 9.33. The van der Waals surface area contributed by atoms with Crippen LogP contribution in [0, 0.1) is 0 Å². The summed E-state index contributed by atoms with van der Waals surface area (Å²) < 4.78 is 0. The molecule has 7 heteroatoms. The number of hydrogen-bond acceptors (Lipinski definition) is 3. The molecule has 2 aromatic rings. The first kappa shape index (κ1) is 18.7. The second kappa shape index (κ2) is 8.52. The largest absolute Gasteiger partial charge is 0.348 e. The van der Waals surface area contributed by atoms with Gasteiger partial charge in [0, 0.05) is 6.04 Å². The predicted octanol–water partition coefficient (Wildman–Crippen LogP) is 4.70. The van der Waals surface area contributed by atoms with Gasteiger partial charge in [-0.25, -0.2) is 4.98 Å². The molecule has 1 aromatic carbocycles. The number of rotatable bonds is 4. The number of amides is 2. The summed E-state index contributed by atoms with van der Waals surface area (Å²) in [7, 11) is 0. The zero-order valence-electron chi connectivity index (χ0n) is 14.1. The monoisotopic (exact) mass is 391 g/mol. The molecule has 0 radical (unpaired) electrons. The summed E-state index contributed by atoms with van der Waals surface area (Å²) in [5.74, 6) is -0.714. The Bertz CT molecular complexity index is 820. The molecule has 0 aliphatic heterocycles. The van der Waals surface area contributed by atoms with Crippen LogP contribution < -0.4 is 10.6 Å². The lowest BCUT2D eigenvalue weighted by Crippen LogP contribution is -2.36. The molecule has 1 aliphatic carbocycles. The van der Waals surface area contributed by atoms with Gasteiger partial charge in [0.1, 0.15) is 11.4 Å². The van der Waals surface area contributed by atoms with E-state index < -0.39 is 5.91 Å². The SMILES string of the molecule is O=C(Nc1cccc(Cl)c1Cl)c1cccc(C(=O)NC2CCCCC2)n1. The summed E-state index contributed by atoms with van der Waals surface area (Å²) in [5.41, 5.74) is 0.751. The number of nitrogens with one attached hydrogen (secondary N) is 2. The van der Waals surface area contributed by atoms with Crippen molar-refractivity contribution in [3.05, 3.63) is 57.8 Å². The lowest BCUT2D eigenvalue weighted by molar-refractivity contribution is 0.0922. The summed E-state index contributed by atoms with van der Waals surface area (Å²) in [5, 5.41) is 6.26. The number of pyridine rings is 1. The van der Waals surface area contributed by atoms with Gasteiger partial charge in [-0.2, -0.15) is 0 Å². The zero-order valence-corrected chi connectivity index (χ0v) is 15.6. The summed E-state index contributed by atoms with van der Waals surface area (Å²) in [6.45, 7) is 0. The third-order valence-electron chi connectivity index (χ3n) is 4.35. The molecule has 1 aromatic heterocycles. The van der Waals surface area contributed by atoms with E-state index in [1.54, 1.807) is 36.4 Å². The highest BCUT2D eigenvalue weighted by Gasteiger charge is 2.19. The number of carbonyl (C=O) groups excluding carboxylic acids is 2. The molecule has 1 saturated carbocycles. The molecule has 1 aliphatic rings. The third kappa shape index (κ3) is 4.54. The molecule has 3 rings (SSSR count). The summed E-state index contributed by atoms with van der Waals surface area (Å²) in [4.78, 5) is 29.0. The lowest BCUT2D eigenvalue weighted by atomic mass is 9.95. The minimum Gasteiger partial charge on any atom is -0.348 e. The summed E-state index contributed by atoms with van der Waals surface area (Å²) in [6.07, 6.45) is 5.44. The molecule has 1 heterocycles. The van der Waals surface area contributed by atoms with Gasteiger partial charge in [-0.3, -0.25) is 9.59 Å². The maximum absolute atomic E-state index is 12.4. The number of anilines is 1. The van der Waals surface area contributed by atoms with Gasteiger partial charge in [0.15, 0.2) is 0 Å². The maximum Gasteiger partial charge on any atom is 0.274 e. The van der Waals surface area contributed by atoms with Crippen LogP contribution in [0.25, 0.3) is 0 Å². The van der Waals surface area contributed by atoms with Crippen LogP contribution in [0.5, 0.6) is 0 Å². The summed E-state index contributed by atoms with van der Waals surface area (Å²) in [6, 6.07) is 9.93. The normalized spacial score (nSPS) is 14.7. The molecule has 0 spiro atoms. The van der Waals surface area contributed by atoms with Crippen molar-refractivity contribution in [2.24, 2.45) is 0 Å². The van der Waals surface area contributed by atoms with E-state index in [0.29, 0.717) is 10.7 Å². The van der Waals surface area contributed by atoms with Crippen LogP contribution in [0.4, 0.5) is 5.69 Å². The van der Waals surface area contributed by atoms with E-state index in [0.717, 1.165) is 25.7 Å². The van der Waals surface area contributed by atoms with E-state index in [9.17, 15) is 9.59 Å². The van der Waals surface area contributed by atoms with Gasteiger partial charge < -0.3 is 10.6 Å². The van der Waals surface area contributed by atoms with Gasteiger partial charge in [-0.05, 0) is 37.1 Å². The van der Waals surface area contributed by atoms with Crippen LogP contribution in [0.3, 0.4) is 0 Å².